The molecule has 2 unspecified atom stereocenters. The van der Waals surface area contributed by atoms with Crippen molar-refractivity contribution in [3.8, 4) is 0 Å². The van der Waals surface area contributed by atoms with E-state index in [2.05, 4.69) is 10.3 Å². The van der Waals surface area contributed by atoms with Gasteiger partial charge in [0.2, 0.25) is 5.91 Å². The molecule has 0 radical (unpaired) electrons. The summed E-state index contributed by atoms with van der Waals surface area (Å²) in [4.78, 5) is 16.1. The molecule has 0 aromatic carbocycles. The monoisotopic (exact) mass is 250 g/mol. The van der Waals surface area contributed by atoms with Gasteiger partial charge in [-0.25, -0.2) is 4.98 Å². The van der Waals surface area contributed by atoms with Gasteiger partial charge in [-0.2, -0.15) is 0 Å². The lowest BCUT2D eigenvalue weighted by molar-refractivity contribution is -0.130. The van der Waals surface area contributed by atoms with Gasteiger partial charge >= 0.3 is 0 Å². The summed E-state index contributed by atoms with van der Waals surface area (Å²) < 4.78 is 2.01. The molecule has 5 nitrogen and oxygen atoms in total. The van der Waals surface area contributed by atoms with Gasteiger partial charge in [-0.15, -0.1) is 0 Å². The first-order chi connectivity index (χ1) is 8.63. The van der Waals surface area contributed by atoms with E-state index in [1.54, 1.807) is 12.5 Å². The second kappa shape index (κ2) is 5.52. The topological polar surface area (TPSA) is 72.9 Å². The zero-order valence-corrected chi connectivity index (χ0v) is 10.9. The molecule has 3 N–H and O–H groups in total. The Morgan fingerprint density at radius 3 is 3.11 bits per heavy atom. The zero-order valence-electron chi connectivity index (χ0n) is 10.9. The van der Waals surface area contributed by atoms with Crippen LogP contribution in [0.4, 0.5) is 0 Å². The normalized spacial score (nSPS) is 27.3. The largest absolute Gasteiger partial charge is 0.356 e. The summed E-state index contributed by atoms with van der Waals surface area (Å²) in [5.74, 6) is 0.109. The fourth-order valence-corrected chi connectivity index (χ4v) is 2.56. The maximum Gasteiger partial charge on any atom is 0.227 e. The summed E-state index contributed by atoms with van der Waals surface area (Å²) in [6, 6.07) is 0.00569. The Labute approximate surface area is 108 Å². The molecule has 5 heteroatoms. The highest BCUT2D eigenvalue weighted by molar-refractivity contribution is 5.83. The third kappa shape index (κ3) is 2.72. The van der Waals surface area contributed by atoms with Crippen molar-refractivity contribution in [1.82, 2.24) is 14.9 Å². The number of aryl methyl sites for hydroxylation is 1. The van der Waals surface area contributed by atoms with Crippen LogP contribution in [-0.4, -0.2) is 28.0 Å². The number of carbonyl (C=O) groups is 1. The van der Waals surface area contributed by atoms with Crippen molar-refractivity contribution >= 4 is 5.91 Å². The lowest BCUT2D eigenvalue weighted by Gasteiger charge is -2.27. The Hall–Kier alpha value is -1.36. The fraction of sp³-hybridized carbons (Fsp3) is 0.692. The molecule has 0 aliphatic heterocycles. The van der Waals surface area contributed by atoms with Crippen molar-refractivity contribution < 1.29 is 4.79 Å². The molecule has 1 aromatic heterocycles. The highest BCUT2D eigenvalue weighted by Crippen LogP contribution is 2.36. The van der Waals surface area contributed by atoms with Gasteiger partial charge < -0.3 is 15.6 Å². The molecule has 1 amide bonds. The Balaban J connectivity index is 1.72. The number of rotatable bonds is 5. The van der Waals surface area contributed by atoms with E-state index in [4.69, 9.17) is 5.73 Å². The van der Waals surface area contributed by atoms with E-state index in [9.17, 15) is 4.79 Å². The average Bonchev–Trinajstić information content (AvgIpc) is 2.97. The molecule has 100 valence electrons. The molecule has 1 saturated carbocycles. The lowest BCUT2D eigenvalue weighted by atomic mass is 9.84. The Kier molecular flexibility index (Phi) is 4.01. The minimum atomic E-state index is -0.366. The van der Waals surface area contributed by atoms with Crippen molar-refractivity contribution in [3.05, 3.63) is 18.7 Å². The van der Waals surface area contributed by atoms with Crippen LogP contribution in [0.15, 0.2) is 18.7 Å². The van der Waals surface area contributed by atoms with Gasteiger partial charge in [0.05, 0.1) is 11.7 Å². The van der Waals surface area contributed by atoms with Crippen LogP contribution in [0.3, 0.4) is 0 Å². The number of nitrogens with one attached hydrogen (secondary N) is 1. The number of nitrogens with zero attached hydrogens (tertiary/aromatic N) is 2. The summed E-state index contributed by atoms with van der Waals surface area (Å²) in [5, 5.41) is 3.01. The third-order valence-corrected chi connectivity index (χ3v) is 3.99. The highest BCUT2D eigenvalue weighted by Gasteiger charge is 2.42. The molecule has 0 spiro atoms. The highest BCUT2D eigenvalue weighted by atomic mass is 16.2. The lowest BCUT2D eigenvalue weighted by Crippen LogP contribution is -2.47. The number of imidazole rings is 1. The first kappa shape index (κ1) is 13.1. The summed E-state index contributed by atoms with van der Waals surface area (Å²) in [7, 11) is 0. The summed E-state index contributed by atoms with van der Waals surface area (Å²) >= 11 is 0. The maximum atomic E-state index is 12.1. The van der Waals surface area contributed by atoms with Gasteiger partial charge in [0, 0.05) is 31.5 Å². The second-order valence-electron chi connectivity index (χ2n) is 5.33. The van der Waals surface area contributed by atoms with E-state index in [0.717, 1.165) is 32.2 Å². The minimum absolute atomic E-state index is 0.00569. The molecule has 0 bridgehead atoms. The van der Waals surface area contributed by atoms with E-state index in [0.29, 0.717) is 6.54 Å². The molecule has 1 aliphatic carbocycles. The number of nitrogens with two attached hydrogens (primary N) is 1. The predicted molar refractivity (Wildman–Crippen MR) is 69.8 cm³/mol. The van der Waals surface area contributed by atoms with E-state index in [-0.39, 0.29) is 17.4 Å². The van der Waals surface area contributed by atoms with Gasteiger partial charge in [0.25, 0.3) is 0 Å². The predicted octanol–water partition coefficient (Wildman–Crippen LogP) is 0.907. The Bertz CT molecular complexity index is 390. The van der Waals surface area contributed by atoms with Crippen LogP contribution in [0.5, 0.6) is 0 Å². The van der Waals surface area contributed by atoms with Crippen LogP contribution in [-0.2, 0) is 11.3 Å². The summed E-state index contributed by atoms with van der Waals surface area (Å²) in [6.45, 7) is 3.55. The molecule has 1 heterocycles. The SMILES string of the molecule is CC1(C(=O)NCCCn2ccnc2)CCCC1N. The average molecular weight is 250 g/mol. The van der Waals surface area contributed by atoms with E-state index in [1.165, 1.54) is 0 Å². The van der Waals surface area contributed by atoms with Gasteiger partial charge in [-0.05, 0) is 26.2 Å². The standard InChI is InChI=1S/C13H22N4O/c1-13(5-2-4-11(13)14)12(18)16-6-3-8-17-9-7-15-10-17/h7,9-11H,2-6,8,14H2,1H3,(H,16,18). The Morgan fingerprint density at radius 2 is 2.50 bits per heavy atom. The first-order valence-electron chi connectivity index (χ1n) is 6.62. The number of hydrogen-bond acceptors (Lipinski definition) is 3. The fourth-order valence-electron chi connectivity index (χ4n) is 2.56. The van der Waals surface area contributed by atoms with E-state index in [1.807, 2.05) is 17.7 Å². The van der Waals surface area contributed by atoms with E-state index >= 15 is 0 Å². The molecular formula is C13H22N4O. The smallest absolute Gasteiger partial charge is 0.227 e. The van der Waals surface area contributed by atoms with Crippen molar-refractivity contribution in [3.63, 3.8) is 0 Å². The van der Waals surface area contributed by atoms with Gasteiger partial charge in [0.15, 0.2) is 0 Å². The van der Waals surface area contributed by atoms with Crippen molar-refractivity contribution in [2.24, 2.45) is 11.1 Å². The second-order valence-corrected chi connectivity index (χ2v) is 5.33. The molecule has 18 heavy (non-hydrogen) atoms. The molecule has 1 fully saturated rings. The van der Waals surface area contributed by atoms with Crippen molar-refractivity contribution in [1.29, 1.82) is 0 Å². The molecule has 2 atom stereocenters. The maximum absolute atomic E-state index is 12.1. The minimum Gasteiger partial charge on any atom is -0.356 e. The van der Waals surface area contributed by atoms with Crippen molar-refractivity contribution in [2.75, 3.05) is 6.54 Å². The van der Waals surface area contributed by atoms with Crippen LogP contribution in [0.25, 0.3) is 0 Å². The van der Waals surface area contributed by atoms with Gasteiger partial charge in [-0.3, -0.25) is 4.79 Å². The van der Waals surface area contributed by atoms with Crippen LogP contribution in [0.1, 0.15) is 32.6 Å². The quantitative estimate of drug-likeness (QED) is 0.763. The first-order valence-corrected chi connectivity index (χ1v) is 6.62. The molecule has 2 rings (SSSR count). The number of amides is 1. The Morgan fingerprint density at radius 1 is 1.67 bits per heavy atom. The number of hydrogen-bond donors (Lipinski definition) is 2. The van der Waals surface area contributed by atoms with Crippen LogP contribution in [0.2, 0.25) is 0 Å². The van der Waals surface area contributed by atoms with Crippen LogP contribution in [0, 0.1) is 5.41 Å². The molecule has 1 aliphatic rings. The van der Waals surface area contributed by atoms with Crippen molar-refractivity contribution in [2.45, 2.75) is 45.2 Å². The summed E-state index contributed by atoms with van der Waals surface area (Å²) in [5.41, 5.74) is 5.66. The third-order valence-electron chi connectivity index (χ3n) is 3.99. The zero-order chi connectivity index (χ0) is 13.0. The summed E-state index contributed by atoms with van der Waals surface area (Å²) in [6.07, 6.45) is 9.30. The van der Waals surface area contributed by atoms with Gasteiger partial charge in [0.1, 0.15) is 0 Å². The molecular weight excluding hydrogens is 228 g/mol. The number of aromatic nitrogens is 2. The molecule has 0 saturated heterocycles. The van der Waals surface area contributed by atoms with E-state index < -0.39 is 0 Å². The van der Waals surface area contributed by atoms with Crippen LogP contribution < -0.4 is 11.1 Å². The molecule has 1 aromatic rings. The number of carbonyl (C=O) groups excluding carboxylic acids is 1. The van der Waals surface area contributed by atoms with Gasteiger partial charge in [-0.1, -0.05) is 6.42 Å². The van der Waals surface area contributed by atoms with Crippen LogP contribution >= 0.6 is 0 Å².